The Morgan fingerprint density at radius 3 is 2.40 bits per heavy atom. The van der Waals surface area contributed by atoms with Gasteiger partial charge < -0.3 is 15.3 Å². The molecule has 4 rings (SSSR count). The Labute approximate surface area is 242 Å². The number of aliphatic carboxylic acids is 1. The summed E-state index contributed by atoms with van der Waals surface area (Å²) in [6, 6.07) is 8.96. The lowest BCUT2D eigenvalue weighted by Gasteiger charge is -2.38. The molecule has 2 saturated heterocycles. The van der Waals surface area contributed by atoms with Crippen LogP contribution in [0.2, 0.25) is 10.0 Å². The highest BCUT2D eigenvalue weighted by molar-refractivity contribution is 6.31. The van der Waals surface area contributed by atoms with Crippen molar-refractivity contribution in [3.05, 3.63) is 69.2 Å². The average molecular weight is 594 g/mol. The zero-order valence-electron chi connectivity index (χ0n) is 22.6. The van der Waals surface area contributed by atoms with Crippen LogP contribution in [-0.2, 0) is 15.0 Å². The molecule has 11 heteroatoms. The Balaban J connectivity index is 1.87. The molecule has 4 atom stereocenters. The molecule has 40 heavy (non-hydrogen) atoms. The molecule has 0 bridgehead atoms. The van der Waals surface area contributed by atoms with Gasteiger partial charge in [-0.2, -0.15) is 5.26 Å². The number of nitrogens with zero attached hydrogens (tertiary/aromatic N) is 3. The molecule has 7 nitrogen and oxygen atoms in total. The predicted octanol–water partition coefficient (Wildman–Crippen LogP) is 4.82. The normalized spacial score (nSPS) is 25.6. The number of carbonyl (C=O) groups is 2. The summed E-state index contributed by atoms with van der Waals surface area (Å²) >= 11 is 12.2. The third-order valence-electron chi connectivity index (χ3n) is 7.76. The van der Waals surface area contributed by atoms with Crippen LogP contribution in [0.1, 0.15) is 44.2 Å². The fraction of sp³-hybridized carbons (Fsp3) is 0.483. The van der Waals surface area contributed by atoms with Gasteiger partial charge in [-0.05, 0) is 35.6 Å². The largest absolute Gasteiger partial charge is 0.480 e. The van der Waals surface area contributed by atoms with E-state index >= 15 is 8.78 Å². The number of benzene rings is 2. The quantitative estimate of drug-likeness (QED) is 0.499. The highest BCUT2D eigenvalue weighted by atomic mass is 35.5. The molecule has 2 aromatic rings. The summed E-state index contributed by atoms with van der Waals surface area (Å²) < 4.78 is 31.5. The second-order valence-corrected chi connectivity index (χ2v) is 12.5. The van der Waals surface area contributed by atoms with Gasteiger partial charge in [-0.3, -0.25) is 14.5 Å². The molecule has 0 radical (unpaired) electrons. The van der Waals surface area contributed by atoms with Crippen molar-refractivity contribution in [2.75, 3.05) is 32.7 Å². The first-order chi connectivity index (χ1) is 18.8. The first-order valence-corrected chi connectivity index (χ1v) is 13.8. The van der Waals surface area contributed by atoms with Crippen molar-refractivity contribution in [3.63, 3.8) is 0 Å². The second-order valence-electron chi connectivity index (χ2n) is 11.7. The van der Waals surface area contributed by atoms with Gasteiger partial charge in [-0.15, -0.1) is 0 Å². The highest BCUT2D eigenvalue weighted by Crippen LogP contribution is 2.53. The summed E-state index contributed by atoms with van der Waals surface area (Å²) in [7, 11) is 0. The van der Waals surface area contributed by atoms with E-state index in [0.717, 1.165) is 6.07 Å². The first kappa shape index (κ1) is 30.2. The molecule has 2 unspecified atom stereocenters. The van der Waals surface area contributed by atoms with Crippen molar-refractivity contribution in [3.8, 4) is 6.07 Å². The van der Waals surface area contributed by atoms with E-state index in [4.69, 9.17) is 28.3 Å². The second kappa shape index (κ2) is 11.6. The van der Waals surface area contributed by atoms with Crippen LogP contribution in [0.3, 0.4) is 0 Å². The number of hydrogen-bond acceptors (Lipinski definition) is 5. The fourth-order valence-electron chi connectivity index (χ4n) is 6.06. The van der Waals surface area contributed by atoms with Gasteiger partial charge in [0.05, 0.1) is 23.7 Å². The number of carbonyl (C=O) groups excluding carboxylic acids is 1. The molecule has 214 valence electrons. The fourth-order valence-corrected chi connectivity index (χ4v) is 6.40. The van der Waals surface area contributed by atoms with Crippen molar-refractivity contribution in [2.45, 2.75) is 50.6 Å². The first-order valence-electron chi connectivity index (χ1n) is 13.1. The van der Waals surface area contributed by atoms with Crippen LogP contribution < -0.4 is 5.32 Å². The Morgan fingerprint density at radius 2 is 1.82 bits per heavy atom. The Kier molecular flexibility index (Phi) is 8.77. The maximum absolute atomic E-state index is 15.8. The maximum Gasteiger partial charge on any atom is 0.317 e. The molecule has 0 spiro atoms. The molecular weight excluding hydrogens is 561 g/mol. The third-order valence-corrected chi connectivity index (χ3v) is 8.29. The maximum atomic E-state index is 15.8. The predicted molar refractivity (Wildman–Crippen MR) is 148 cm³/mol. The summed E-state index contributed by atoms with van der Waals surface area (Å²) in [5.41, 5.74) is -1.98. The number of nitrogens with one attached hydrogen (secondary N) is 1. The van der Waals surface area contributed by atoms with Gasteiger partial charge in [0.15, 0.2) is 0 Å². The van der Waals surface area contributed by atoms with E-state index in [1.54, 1.807) is 15.9 Å². The Bertz CT molecular complexity index is 1340. The van der Waals surface area contributed by atoms with E-state index in [9.17, 15) is 14.9 Å². The van der Waals surface area contributed by atoms with E-state index < -0.39 is 41.0 Å². The topological polar surface area (TPSA) is 96.7 Å². The lowest BCUT2D eigenvalue weighted by atomic mass is 9.62. The molecule has 0 aliphatic carbocycles. The Hall–Kier alpha value is -2.77. The molecule has 0 aromatic heterocycles. The SMILES string of the molecule is CC(C)(C)CC1N[C@@H](C(=O)N2CCN(CC(=O)O)CC2)C(c2cccc(Cl)c2F)[C@@]1(C#N)c1ccc(Cl)cc1F. The van der Waals surface area contributed by atoms with E-state index in [-0.39, 0.29) is 52.1 Å². The van der Waals surface area contributed by atoms with Crippen LogP contribution in [0.15, 0.2) is 36.4 Å². The number of rotatable bonds is 6. The summed E-state index contributed by atoms with van der Waals surface area (Å²) in [6.07, 6.45) is 0.373. The van der Waals surface area contributed by atoms with Crippen molar-refractivity contribution < 1.29 is 23.5 Å². The molecule has 1 amide bonds. The average Bonchev–Trinajstić information content (AvgIpc) is 3.18. The molecule has 2 heterocycles. The van der Waals surface area contributed by atoms with E-state index in [0.29, 0.717) is 19.5 Å². The molecule has 2 N–H and O–H groups in total. The molecule has 2 aromatic carbocycles. The van der Waals surface area contributed by atoms with Crippen LogP contribution in [0.25, 0.3) is 0 Å². The van der Waals surface area contributed by atoms with Gasteiger partial charge in [0.2, 0.25) is 5.91 Å². The van der Waals surface area contributed by atoms with Gasteiger partial charge in [0.1, 0.15) is 17.0 Å². The van der Waals surface area contributed by atoms with Crippen LogP contribution >= 0.6 is 23.2 Å². The third kappa shape index (κ3) is 5.82. The van der Waals surface area contributed by atoms with Crippen LogP contribution in [-0.4, -0.2) is 71.6 Å². The highest BCUT2D eigenvalue weighted by Gasteiger charge is 2.61. The van der Waals surface area contributed by atoms with Crippen LogP contribution in [0.5, 0.6) is 0 Å². The number of piperazine rings is 1. The lowest BCUT2D eigenvalue weighted by Crippen LogP contribution is -2.55. The van der Waals surface area contributed by atoms with E-state index in [1.165, 1.54) is 24.3 Å². The molecular formula is C29H32Cl2F2N4O3. The van der Waals surface area contributed by atoms with E-state index in [2.05, 4.69) is 11.4 Å². The standard InChI is InChI=1S/C29H32Cl2F2N4O3/c1-28(2,3)14-22-29(16-34,19-8-7-17(30)13-21(19)32)24(18-5-4-6-20(31)25(18)33)26(35-22)27(40)37-11-9-36(10-12-37)15-23(38)39/h4-8,13,22,24,26,35H,9-12,14-15H2,1-3H3,(H,38,39)/t22?,24?,26-,29+/m1/s1. The lowest BCUT2D eigenvalue weighted by molar-refractivity contribution is -0.139. The summed E-state index contributed by atoms with van der Waals surface area (Å²) in [5.74, 6) is -3.96. The van der Waals surface area contributed by atoms with Crippen molar-refractivity contribution >= 4 is 35.1 Å². The minimum Gasteiger partial charge on any atom is -0.480 e. The summed E-state index contributed by atoms with van der Waals surface area (Å²) in [6.45, 7) is 6.99. The summed E-state index contributed by atoms with van der Waals surface area (Å²) in [4.78, 5) is 28.6. The van der Waals surface area contributed by atoms with Crippen LogP contribution in [0, 0.1) is 28.4 Å². The van der Waals surface area contributed by atoms with Gasteiger partial charge in [0.25, 0.3) is 0 Å². The van der Waals surface area contributed by atoms with Crippen molar-refractivity contribution in [1.82, 2.24) is 15.1 Å². The minimum atomic E-state index is -1.70. The number of amides is 1. The number of carboxylic acids is 1. The number of hydrogen-bond donors (Lipinski definition) is 2. The zero-order valence-corrected chi connectivity index (χ0v) is 24.1. The molecule has 2 aliphatic heterocycles. The number of carboxylic acid groups (broad SMARTS) is 1. The monoisotopic (exact) mass is 592 g/mol. The Morgan fingerprint density at radius 1 is 1.15 bits per heavy atom. The van der Waals surface area contributed by atoms with Gasteiger partial charge in [-0.25, -0.2) is 8.78 Å². The van der Waals surface area contributed by atoms with Gasteiger partial charge in [0, 0.05) is 48.7 Å². The van der Waals surface area contributed by atoms with E-state index in [1.807, 2.05) is 20.8 Å². The van der Waals surface area contributed by atoms with Gasteiger partial charge >= 0.3 is 5.97 Å². The number of nitriles is 1. The number of halogens is 4. The molecule has 0 saturated carbocycles. The minimum absolute atomic E-state index is 0.0205. The smallest absolute Gasteiger partial charge is 0.317 e. The van der Waals surface area contributed by atoms with Gasteiger partial charge in [-0.1, -0.05) is 62.2 Å². The summed E-state index contributed by atoms with van der Waals surface area (Å²) in [5, 5.41) is 23.4. The van der Waals surface area contributed by atoms with Crippen molar-refractivity contribution in [2.24, 2.45) is 5.41 Å². The molecule has 2 fully saturated rings. The zero-order chi connectivity index (χ0) is 29.4. The molecule has 2 aliphatic rings. The van der Waals surface area contributed by atoms with Crippen LogP contribution in [0.4, 0.5) is 8.78 Å². The van der Waals surface area contributed by atoms with Crippen molar-refractivity contribution in [1.29, 1.82) is 5.26 Å².